The lowest BCUT2D eigenvalue weighted by atomic mass is 9.30. The number of rotatable bonds is 1. The van der Waals surface area contributed by atoms with Crippen molar-refractivity contribution in [2.75, 3.05) is 6.61 Å². The van der Waals surface area contributed by atoms with Crippen molar-refractivity contribution in [3.8, 4) is 0 Å². The summed E-state index contributed by atoms with van der Waals surface area (Å²) in [5.41, 5.74) is 0.405. The van der Waals surface area contributed by atoms with Gasteiger partial charge in [0.1, 0.15) is 11.7 Å². The van der Waals surface area contributed by atoms with Crippen LogP contribution in [0.4, 0.5) is 0 Å². The summed E-state index contributed by atoms with van der Waals surface area (Å²) in [6, 6.07) is 0. The second-order valence-electron chi connectivity index (χ2n) is 16.5. The Morgan fingerprint density at radius 3 is 2.25 bits per heavy atom. The summed E-state index contributed by atoms with van der Waals surface area (Å²) in [6.45, 7) is 19.6. The molecule has 1 heterocycles. The lowest BCUT2D eigenvalue weighted by Crippen LogP contribution is -2.76. The molecule has 0 aromatic heterocycles. The van der Waals surface area contributed by atoms with E-state index in [2.05, 4.69) is 48.5 Å². The highest BCUT2D eigenvalue weighted by atomic mass is 16.5. The van der Waals surface area contributed by atoms with E-state index in [1.165, 1.54) is 44.9 Å². The first-order valence-corrected chi connectivity index (χ1v) is 15.1. The van der Waals surface area contributed by atoms with E-state index >= 15 is 0 Å². The second-order valence-corrected chi connectivity index (χ2v) is 16.5. The summed E-state index contributed by atoms with van der Waals surface area (Å²) in [7, 11) is 0. The molecule has 1 saturated heterocycles. The fourth-order valence-electron chi connectivity index (χ4n) is 12.3. The molecule has 0 aromatic carbocycles. The normalized spacial score (nSPS) is 56.5. The van der Waals surface area contributed by atoms with Gasteiger partial charge >= 0.3 is 5.97 Å². The Kier molecular flexibility index (Phi) is 5.21. The molecule has 36 heavy (non-hydrogen) atoms. The number of carbonyl (C=O) groups excluding carboxylic acids is 1. The number of aliphatic hydroxyl groups is 1. The number of hydrogen-bond donors (Lipinski definition) is 1. The van der Waals surface area contributed by atoms with Crippen LogP contribution in [0, 0.1) is 50.2 Å². The van der Waals surface area contributed by atoms with Crippen molar-refractivity contribution in [1.82, 2.24) is 0 Å². The Bertz CT molecular complexity index is 956. The maximum absolute atomic E-state index is 12.3. The van der Waals surface area contributed by atoms with Crippen molar-refractivity contribution >= 4 is 5.97 Å². The van der Waals surface area contributed by atoms with Gasteiger partial charge in [-0.25, -0.2) is 0 Å². The van der Waals surface area contributed by atoms with Crippen LogP contribution in [0.15, 0.2) is 0 Å². The van der Waals surface area contributed by atoms with E-state index in [4.69, 9.17) is 9.47 Å². The molecule has 10 atom stereocenters. The van der Waals surface area contributed by atoms with Crippen molar-refractivity contribution in [3.05, 3.63) is 0 Å². The molecule has 204 valence electrons. The van der Waals surface area contributed by atoms with Gasteiger partial charge in [0.05, 0.1) is 12.7 Å². The lowest BCUT2D eigenvalue weighted by molar-refractivity contribution is -0.319. The molecule has 10 unspecified atom stereocenters. The van der Waals surface area contributed by atoms with Crippen molar-refractivity contribution in [2.24, 2.45) is 50.2 Å². The molecule has 0 amide bonds. The number of ether oxygens (including phenoxy) is 2. The summed E-state index contributed by atoms with van der Waals surface area (Å²) in [4.78, 5) is 11.9. The molecule has 0 radical (unpaired) electrons. The summed E-state index contributed by atoms with van der Waals surface area (Å²) in [6.07, 6.45) is 11.0. The third kappa shape index (κ3) is 2.82. The monoisotopic (exact) mass is 500 g/mol. The number of hydrogen-bond acceptors (Lipinski definition) is 4. The Balaban J connectivity index is 1.41. The first-order valence-electron chi connectivity index (χ1n) is 15.1. The van der Waals surface area contributed by atoms with E-state index in [1.54, 1.807) is 6.92 Å². The van der Waals surface area contributed by atoms with E-state index in [0.29, 0.717) is 23.2 Å². The zero-order valence-electron chi connectivity index (χ0n) is 24.3. The number of aliphatic hydroxyl groups excluding tert-OH is 1. The van der Waals surface area contributed by atoms with Crippen LogP contribution in [-0.2, 0) is 14.3 Å². The predicted octanol–water partition coefficient (Wildman–Crippen LogP) is 6.92. The van der Waals surface area contributed by atoms with E-state index in [1.807, 2.05) is 0 Å². The van der Waals surface area contributed by atoms with Gasteiger partial charge in [0.25, 0.3) is 0 Å². The molecule has 6 fully saturated rings. The molecular weight excluding hydrogens is 448 g/mol. The number of carbonyl (C=O) groups is 1. The van der Waals surface area contributed by atoms with Gasteiger partial charge in [-0.1, -0.05) is 48.5 Å². The fraction of sp³-hybridized carbons (Fsp3) is 0.969. The average Bonchev–Trinajstić information content (AvgIpc) is 3.02. The Hall–Kier alpha value is -0.610. The van der Waals surface area contributed by atoms with E-state index in [9.17, 15) is 9.90 Å². The molecule has 4 nitrogen and oxygen atoms in total. The lowest BCUT2D eigenvalue weighted by Gasteiger charge is -2.75. The van der Waals surface area contributed by atoms with Crippen LogP contribution in [-0.4, -0.2) is 35.5 Å². The van der Waals surface area contributed by atoms with Crippen LogP contribution < -0.4 is 0 Å². The maximum atomic E-state index is 12.3. The Morgan fingerprint density at radius 1 is 0.861 bits per heavy atom. The van der Waals surface area contributed by atoms with Crippen LogP contribution in [0.25, 0.3) is 0 Å². The van der Waals surface area contributed by atoms with Gasteiger partial charge < -0.3 is 14.6 Å². The summed E-state index contributed by atoms with van der Waals surface area (Å²) >= 11 is 0. The first-order chi connectivity index (χ1) is 16.6. The molecule has 1 N–H and O–H groups in total. The van der Waals surface area contributed by atoms with Crippen molar-refractivity contribution < 1.29 is 19.4 Å². The van der Waals surface area contributed by atoms with Gasteiger partial charge in [0, 0.05) is 17.8 Å². The Labute approximate surface area is 219 Å². The molecule has 2 bridgehead atoms. The zero-order valence-corrected chi connectivity index (χ0v) is 24.3. The highest BCUT2D eigenvalue weighted by Gasteiger charge is 2.80. The number of fused-ring (bicyclic) bond motifs is 4. The minimum atomic E-state index is -0.401. The minimum absolute atomic E-state index is 0.00851. The maximum Gasteiger partial charge on any atom is 0.302 e. The van der Waals surface area contributed by atoms with Gasteiger partial charge in [0.15, 0.2) is 0 Å². The van der Waals surface area contributed by atoms with Crippen LogP contribution >= 0.6 is 0 Å². The van der Waals surface area contributed by atoms with Gasteiger partial charge in [0.2, 0.25) is 0 Å². The summed E-state index contributed by atoms with van der Waals surface area (Å²) < 4.78 is 13.0. The number of esters is 1. The standard InChI is InChI=1S/C32H52O4/c1-20(33)36-25-10-11-28(6)21(27(25,4)5)9-12-29(7)22(28)17-24(34)32-23-18-26(2,3)13-15-31(23,19-35-32)16-14-30(29,32)8/h21-25,34H,9-19H2,1-8H3. The third-order valence-corrected chi connectivity index (χ3v) is 14.4. The van der Waals surface area contributed by atoms with Gasteiger partial charge in [-0.05, 0) is 104 Å². The minimum Gasteiger partial charge on any atom is -0.462 e. The van der Waals surface area contributed by atoms with E-state index in [-0.39, 0.29) is 39.1 Å². The molecule has 5 aliphatic carbocycles. The molecule has 6 rings (SSSR count). The smallest absolute Gasteiger partial charge is 0.302 e. The second kappa shape index (κ2) is 7.32. The van der Waals surface area contributed by atoms with Gasteiger partial charge in [-0.2, -0.15) is 0 Å². The molecule has 1 aliphatic heterocycles. The van der Waals surface area contributed by atoms with Crippen molar-refractivity contribution in [3.63, 3.8) is 0 Å². The molecule has 1 spiro atoms. The van der Waals surface area contributed by atoms with Crippen molar-refractivity contribution in [2.45, 2.75) is 137 Å². The van der Waals surface area contributed by atoms with Crippen LogP contribution in [0.3, 0.4) is 0 Å². The van der Waals surface area contributed by atoms with E-state index in [0.717, 1.165) is 25.9 Å². The molecule has 4 heteroatoms. The quantitative estimate of drug-likeness (QED) is 0.397. The first kappa shape index (κ1) is 25.7. The Morgan fingerprint density at radius 2 is 1.56 bits per heavy atom. The summed E-state index contributed by atoms with van der Waals surface area (Å²) in [5, 5.41) is 12.3. The highest BCUT2D eigenvalue weighted by Crippen LogP contribution is 2.80. The van der Waals surface area contributed by atoms with Crippen LogP contribution in [0.2, 0.25) is 0 Å². The fourth-order valence-corrected chi connectivity index (χ4v) is 12.3. The highest BCUT2D eigenvalue weighted by molar-refractivity contribution is 5.66. The topological polar surface area (TPSA) is 55.8 Å². The SMILES string of the molecule is CC(=O)OC1CCC2(C)C(CCC3(C)C2CC(O)C24OCC5(CCC(C)(C)CC52)CCC34C)C1(C)C. The van der Waals surface area contributed by atoms with Gasteiger partial charge in [-0.3, -0.25) is 4.79 Å². The van der Waals surface area contributed by atoms with Crippen LogP contribution in [0.1, 0.15) is 120 Å². The molecule has 5 saturated carbocycles. The van der Waals surface area contributed by atoms with E-state index < -0.39 is 11.7 Å². The van der Waals surface area contributed by atoms with Crippen LogP contribution in [0.5, 0.6) is 0 Å². The predicted molar refractivity (Wildman–Crippen MR) is 141 cm³/mol. The van der Waals surface area contributed by atoms with Crippen molar-refractivity contribution in [1.29, 1.82) is 0 Å². The zero-order chi connectivity index (χ0) is 26.2. The summed E-state index contributed by atoms with van der Waals surface area (Å²) in [5.74, 6) is 1.27. The third-order valence-electron chi connectivity index (χ3n) is 14.4. The largest absolute Gasteiger partial charge is 0.462 e. The average molecular weight is 501 g/mol. The van der Waals surface area contributed by atoms with Gasteiger partial charge in [-0.15, -0.1) is 0 Å². The molecule has 6 aliphatic rings. The molecule has 0 aromatic rings. The molecular formula is C32H52O4.